The van der Waals surface area contributed by atoms with Crippen LogP contribution in [-0.4, -0.2) is 30.1 Å². The molecule has 0 aliphatic rings. The van der Waals surface area contributed by atoms with Crippen LogP contribution in [0.15, 0.2) is 36.4 Å². The van der Waals surface area contributed by atoms with Gasteiger partial charge in [-0.25, -0.2) is 18.0 Å². The zero-order valence-corrected chi connectivity index (χ0v) is 17.1. The van der Waals surface area contributed by atoms with Gasteiger partial charge < -0.3 is 20.7 Å². The molecule has 0 bridgehead atoms. The number of halogens is 3. The first kappa shape index (κ1) is 23.7. The molecule has 166 valence electrons. The molecule has 3 N–H and O–H groups in total. The maximum absolute atomic E-state index is 13.7. The number of ether oxygens (including phenoxy) is 1. The van der Waals surface area contributed by atoms with Crippen molar-refractivity contribution in [2.75, 3.05) is 11.9 Å². The lowest BCUT2D eigenvalue weighted by molar-refractivity contribution is -0.120. The molecule has 0 radical (unpaired) electrons. The largest absolute Gasteiger partial charge is 0.444 e. The van der Waals surface area contributed by atoms with E-state index in [2.05, 4.69) is 16.0 Å². The summed E-state index contributed by atoms with van der Waals surface area (Å²) in [6.07, 6.45) is -0.708. The van der Waals surface area contributed by atoms with Crippen LogP contribution in [0, 0.1) is 17.5 Å². The minimum absolute atomic E-state index is 0.154. The molecule has 2 rings (SSSR count). The van der Waals surface area contributed by atoms with Crippen molar-refractivity contribution in [2.24, 2.45) is 0 Å². The molecular weight excluding hydrogens is 415 g/mol. The van der Waals surface area contributed by atoms with Crippen molar-refractivity contribution in [1.29, 1.82) is 0 Å². The van der Waals surface area contributed by atoms with Crippen molar-refractivity contribution < 1.29 is 32.3 Å². The highest BCUT2D eigenvalue weighted by atomic mass is 19.2. The number of nitrogens with one attached hydrogen (secondary N) is 3. The average molecular weight is 437 g/mol. The van der Waals surface area contributed by atoms with E-state index in [1.807, 2.05) is 0 Å². The Bertz CT molecular complexity index is 973. The Morgan fingerprint density at radius 2 is 1.55 bits per heavy atom. The number of anilines is 1. The monoisotopic (exact) mass is 437 g/mol. The lowest BCUT2D eigenvalue weighted by Crippen LogP contribution is -2.39. The molecule has 0 aromatic heterocycles. The van der Waals surface area contributed by atoms with Crippen molar-refractivity contribution >= 4 is 23.6 Å². The molecule has 0 aliphatic carbocycles. The highest BCUT2D eigenvalue weighted by Gasteiger charge is 2.19. The number of benzene rings is 2. The van der Waals surface area contributed by atoms with Gasteiger partial charge in [-0.3, -0.25) is 9.59 Å². The second-order valence-electron chi connectivity index (χ2n) is 7.51. The highest BCUT2D eigenvalue weighted by molar-refractivity contribution is 6.04. The van der Waals surface area contributed by atoms with Crippen LogP contribution in [0.5, 0.6) is 0 Å². The van der Waals surface area contributed by atoms with E-state index >= 15 is 0 Å². The van der Waals surface area contributed by atoms with Crippen molar-refractivity contribution in [3.05, 3.63) is 65.0 Å². The standard InChI is InChI=1S/C21H22F3N3O4/c1-21(2,3)31-20(30)26-11-16(28)25-10-12-4-6-13(7-5-12)27-19(29)14-8-9-15(22)18(24)17(14)23/h4-9H,10-11H2,1-3H3,(H,25,28)(H,26,30)(H,27,29). The van der Waals surface area contributed by atoms with Gasteiger partial charge in [0.25, 0.3) is 5.91 Å². The maximum atomic E-state index is 13.7. The smallest absolute Gasteiger partial charge is 0.408 e. The van der Waals surface area contributed by atoms with E-state index in [9.17, 15) is 27.6 Å². The van der Waals surface area contributed by atoms with Crippen molar-refractivity contribution in [3.8, 4) is 0 Å². The third-order valence-electron chi connectivity index (χ3n) is 3.77. The summed E-state index contributed by atoms with van der Waals surface area (Å²) in [5.74, 6) is -6.05. The van der Waals surface area contributed by atoms with E-state index in [-0.39, 0.29) is 18.8 Å². The molecule has 2 aromatic carbocycles. The molecule has 0 saturated heterocycles. The zero-order chi connectivity index (χ0) is 23.2. The van der Waals surface area contributed by atoms with Crippen LogP contribution in [0.2, 0.25) is 0 Å². The first-order chi connectivity index (χ1) is 14.5. The lowest BCUT2D eigenvalue weighted by Gasteiger charge is -2.19. The van der Waals surface area contributed by atoms with Gasteiger partial charge in [-0.2, -0.15) is 0 Å². The van der Waals surface area contributed by atoms with E-state index in [1.54, 1.807) is 32.9 Å². The van der Waals surface area contributed by atoms with Gasteiger partial charge in [-0.15, -0.1) is 0 Å². The molecule has 3 amide bonds. The molecular formula is C21H22F3N3O4. The fourth-order valence-electron chi connectivity index (χ4n) is 2.34. The lowest BCUT2D eigenvalue weighted by atomic mass is 10.1. The van der Waals surface area contributed by atoms with E-state index in [1.165, 1.54) is 12.1 Å². The first-order valence-corrected chi connectivity index (χ1v) is 9.23. The van der Waals surface area contributed by atoms with Gasteiger partial charge in [0.2, 0.25) is 5.91 Å². The fourth-order valence-corrected chi connectivity index (χ4v) is 2.34. The van der Waals surface area contributed by atoms with E-state index in [4.69, 9.17) is 4.74 Å². The van der Waals surface area contributed by atoms with E-state index in [0.717, 1.165) is 6.07 Å². The predicted molar refractivity (Wildman–Crippen MR) is 107 cm³/mol. The molecule has 0 heterocycles. The molecule has 0 aliphatic heterocycles. The van der Waals surface area contributed by atoms with Gasteiger partial charge in [-0.1, -0.05) is 12.1 Å². The number of hydrogen-bond donors (Lipinski definition) is 3. The fraction of sp³-hybridized carbons (Fsp3) is 0.286. The minimum atomic E-state index is -1.72. The number of amides is 3. The summed E-state index contributed by atoms with van der Waals surface area (Å²) in [4.78, 5) is 35.4. The first-order valence-electron chi connectivity index (χ1n) is 9.23. The topological polar surface area (TPSA) is 96.5 Å². The number of carbonyl (C=O) groups excluding carboxylic acids is 3. The van der Waals surface area contributed by atoms with Gasteiger partial charge in [0.05, 0.1) is 5.56 Å². The number of alkyl carbamates (subject to hydrolysis) is 1. The Labute approximate surface area is 177 Å². The Balaban J connectivity index is 1.84. The molecule has 31 heavy (non-hydrogen) atoms. The zero-order valence-electron chi connectivity index (χ0n) is 17.1. The molecule has 0 fully saturated rings. The highest BCUT2D eigenvalue weighted by Crippen LogP contribution is 2.17. The van der Waals surface area contributed by atoms with E-state index < -0.39 is 46.5 Å². The third-order valence-corrected chi connectivity index (χ3v) is 3.77. The van der Waals surface area contributed by atoms with Crippen LogP contribution in [0.3, 0.4) is 0 Å². The van der Waals surface area contributed by atoms with Gasteiger partial charge in [0.1, 0.15) is 12.1 Å². The average Bonchev–Trinajstić information content (AvgIpc) is 2.68. The molecule has 10 heteroatoms. The second-order valence-corrected chi connectivity index (χ2v) is 7.51. The SMILES string of the molecule is CC(C)(C)OC(=O)NCC(=O)NCc1ccc(NC(=O)c2ccc(F)c(F)c2F)cc1. The maximum Gasteiger partial charge on any atom is 0.408 e. The van der Waals surface area contributed by atoms with Crippen LogP contribution in [-0.2, 0) is 16.1 Å². The summed E-state index contributed by atoms with van der Waals surface area (Å²) in [5.41, 5.74) is -0.333. The van der Waals surface area contributed by atoms with Gasteiger partial charge >= 0.3 is 6.09 Å². The van der Waals surface area contributed by atoms with Crippen LogP contribution >= 0.6 is 0 Å². The Morgan fingerprint density at radius 3 is 2.16 bits per heavy atom. The van der Waals surface area contributed by atoms with Crippen molar-refractivity contribution in [2.45, 2.75) is 32.9 Å². The van der Waals surface area contributed by atoms with Gasteiger partial charge in [0, 0.05) is 12.2 Å². The Morgan fingerprint density at radius 1 is 0.903 bits per heavy atom. The molecule has 7 nitrogen and oxygen atoms in total. The predicted octanol–water partition coefficient (Wildman–Crippen LogP) is 3.50. The van der Waals surface area contributed by atoms with E-state index in [0.29, 0.717) is 11.6 Å². The summed E-state index contributed by atoms with van der Waals surface area (Å²) in [6.45, 7) is 5.00. The van der Waals surface area contributed by atoms with Crippen LogP contribution in [0.4, 0.5) is 23.7 Å². The number of rotatable bonds is 6. The van der Waals surface area contributed by atoms with Gasteiger partial charge in [0.15, 0.2) is 17.5 Å². The molecule has 0 spiro atoms. The van der Waals surface area contributed by atoms with Crippen LogP contribution in [0.1, 0.15) is 36.7 Å². The summed E-state index contributed by atoms with van der Waals surface area (Å²) < 4.78 is 45.0. The summed E-state index contributed by atoms with van der Waals surface area (Å²) in [6, 6.07) is 7.69. The van der Waals surface area contributed by atoms with Crippen LogP contribution in [0.25, 0.3) is 0 Å². The molecule has 0 saturated carbocycles. The summed E-state index contributed by atoms with van der Waals surface area (Å²) in [7, 11) is 0. The number of hydrogen-bond acceptors (Lipinski definition) is 4. The number of carbonyl (C=O) groups is 3. The van der Waals surface area contributed by atoms with Crippen molar-refractivity contribution in [3.63, 3.8) is 0 Å². The minimum Gasteiger partial charge on any atom is -0.444 e. The summed E-state index contributed by atoms with van der Waals surface area (Å²) in [5, 5.41) is 7.30. The third kappa shape index (κ3) is 7.32. The summed E-state index contributed by atoms with van der Waals surface area (Å²) >= 11 is 0. The van der Waals surface area contributed by atoms with Gasteiger partial charge in [-0.05, 0) is 50.6 Å². The molecule has 0 atom stereocenters. The Kier molecular flexibility index (Phi) is 7.62. The van der Waals surface area contributed by atoms with Crippen LogP contribution < -0.4 is 16.0 Å². The normalized spacial score (nSPS) is 10.9. The molecule has 0 unspecified atom stereocenters. The van der Waals surface area contributed by atoms with Crippen molar-refractivity contribution in [1.82, 2.24) is 10.6 Å². The second kappa shape index (κ2) is 9.96. The quantitative estimate of drug-likeness (QED) is 0.603. The molecule has 2 aromatic rings. The Hall–Kier alpha value is -3.56.